The molecule has 2 heteroatoms. The second kappa shape index (κ2) is 5.30. The van der Waals surface area contributed by atoms with Crippen molar-refractivity contribution in [1.82, 2.24) is 5.48 Å². The molecule has 0 saturated heterocycles. The van der Waals surface area contributed by atoms with Crippen molar-refractivity contribution in [2.24, 2.45) is 0 Å². The van der Waals surface area contributed by atoms with E-state index in [4.69, 9.17) is 4.84 Å². The van der Waals surface area contributed by atoms with E-state index in [0.29, 0.717) is 0 Å². The monoisotopic (exact) mass is 143 g/mol. The summed E-state index contributed by atoms with van der Waals surface area (Å²) >= 11 is 0. The normalized spacial score (nSPS) is 15.0. The third-order valence-electron chi connectivity index (χ3n) is 1.43. The lowest BCUT2D eigenvalue weighted by Gasteiger charge is -2.11. The lowest BCUT2D eigenvalue weighted by atomic mass is 10.3. The Balaban J connectivity index is 3.35. The fourth-order valence-corrected chi connectivity index (χ4v) is 0.336. The first-order valence-corrected chi connectivity index (χ1v) is 3.75. The summed E-state index contributed by atoms with van der Waals surface area (Å²) in [6.07, 6.45) is 3.29. The molecule has 10 heavy (non-hydrogen) atoms. The maximum Gasteiger partial charge on any atom is 0.0823 e. The molecule has 0 aromatic carbocycles. The molecule has 2 nitrogen and oxygen atoms in total. The van der Waals surface area contributed by atoms with Gasteiger partial charge in [0.05, 0.1) is 6.10 Å². The molecule has 0 radical (unpaired) electrons. The highest BCUT2D eigenvalue weighted by atomic mass is 16.7. The summed E-state index contributed by atoms with van der Waals surface area (Å²) in [5.74, 6) is 0. The molecule has 0 fully saturated rings. The van der Waals surface area contributed by atoms with Gasteiger partial charge in [-0.15, -0.1) is 0 Å². The molecule has 0 heterocycles. The zero-order chi connectivity index (χ0) is 7.98. The first-order valence-electron chi connectivity index (χ1n) is 3.75. The lowest BCUT2D eigenvalue weighted by Crippen LogP contribution is -2.19. The zero-order valence-electron chi connectivity index (χ0n) is 7.27. The maximum atomic E-state index is 5.23. The Morgan fingerprint density at radius 3 is 2.70 bits per heavy atom. The van der Waals surface area contributed by atoms with Gasteiger partial charge in [0.2, 0.25) is 0 Å². The van der Waals surface area contributed by atoms with Crippen LogP contribution in [0.3, 0.4) is 0 Å². The minimum atomic E-state index is 0.287. The van der Waals surface area contributed by atoms with Gasteiger partial charge in [0.25, 0.3) is 0 Å². The first-order chi connectivity index (χ1) is 4.70. The Kier molecular flexibility index (Phi) is 5.03. The Hall–Kier alpha value is -0.500. The molecule has 0 amide bonds. The van der Waals surface area contributed by atoms with Gasteiger partial charge in [-0.1, -0.05) is 13.0 Å². The first kappa shape index (κ1) is 9.50. The molecule has 0 aliphatic carbocycles. The number of hydroxylamine groups is 1. The second-order valence-electron chi connectivity index (χ2n) is 2.41. The minimum Gasteiger partial charge on any atom is -0.273 e. The molecule has 1 unspecified atom stereocenters. The highest BCUT2D eigenvalue weighted by Crippen LogP contribution is 1.94. The van der Waals surface area contributed by atoms with Gasteiger partial charge in [0.15, 0.2) is 0 Å². The van der Waals surface area contributed by atoms with Crippen LogP contribution < -0.4 is 5.48 Å². The largest absolute Gasteiger partial charge is 0.273 e. The van der Waals surface area contributed by atoms with Gasteiger partial charge in [-0.2, -0.15) is 0 Å². The van der Waals surface area contributed by atoms with Gasteiger partial charge in [-0.05, 0) is 27.2 Å². The van der Waals surface area contributed by atoms with Crippen LogP contribution in [0.5, 0.6) is 0 Å². The van der Waals surface area contributed by atoms with Crippen LogP contribution in [0.2, 0.25) is 0 Å². The Morgan fingerprint density at radius 2 is 2.30 bits per heavy atom. The fourth-order valence-electron chi connectivity index (χ4n) is 0.336. The van der Waals surface area contributed by atoms with Gasteiger partial charge < -0.3 is 0 Å². The van der Waals surface area contributed by atoms with Crippen molar-refractivity contribution in [2.75, 3.05) is 0 Å². The van der Waals surface area contributed by atoms with Crippen molar-refractivity contribution in [3.8, 4) is 0 Å². The van der Waals surface area contributed by atoms with E-state index >= 15 is 0 Å². The van der Waals surface area contributed by atoms with Crippen molar-refractivity contribution < 1.29 is 4.84 Å². The second-order valence-corrected chi connectivity index (χ2v) is 2.41. The molecule has 0 spiro atoms. The van der Waals surface area contributed by atoms with Crippen LogP contribution in [0.1, 0.15) is 34.1 Å². The van der Waals surface area contributed by atoms with Crippen LogP contribution in [-0.2, 0) is 4.84 Å². The number of hydrogen-bond donors (Lipinski definition) is 1. The summed E-state index contributed by atoms with van der Waals surface area (Å²) < 4.78 is 0. The quantitative estimate of drug-likeness (QED) is 0.609. The van der Waals surface area contributed by atoms with E-state index in [-0.39, 0.29) is 6.10 Å². The predicted octanol–water partition coefficient (Wildman–Crippen LogP) is 2.23. The van der Waals surface area contributed by atoms with Crippen molar-refractivity contribution in [3.63, 3.8) is 0 Å². The summed E-state index contributed by atoms with van der Waals surface area (Å²) in [5, 5.41) is 0. The highest BCUT2D eigenvalue weighted by molar-refractivity contribution is 4.88. The van der Waals surface area contributed by atoms with Crippen molar-refractivity contribution in [2.45, 2.75) is 40.2 Å². The minimum absolute atomic E-state index is 0.287. The summed E-state index contributed by atoms with van der Waals surface area (Å²) in [6.45, 7) is 8.08. The van der Waals surface area contributed by atoms with E-state index in [9.17, 15) is 0 Å². The average Bonchev–Trinajstić information content (AvgIpc) is 1.99. The van der Waals surface area contributed by atoms with E-state index in [1.807, 2.05) is 26.8 Å². The average molecular weight is 143 g/mol. The summed E-state index contributed by atoms with van der Waals surface area (Å²) in [5.41, 5.74) is 3.90. The van der Waals surface area contributed by atoms with Gasteiger partial charge in [0, 0.05) is 5.70 Å². The van der Waals surface area contributed by atoms with Crippen LogP contribution >= 0.6 is 0 Å². The predicted molar refractivity (Wildman–Crippen MR) is 43.4 cm³/mol. The van der Waals surface area contributed by atoms with E-state index in [1.54, 1.807) is 0 Å². The standard InChI is InChI=1S/C8H17NO/c1-5-7(3)9-10-8(4)6-2/h5,8-9H,6H2,1-4H3/b7-5+. The molecule has 1 atom stereocenters. The third-order valence-corrected chi connectivity index (χ3v) is 1.43. The number of allylic oxidation sites excluding steroid dienone is 2. The number of rotatable bonds is 4. The number of hydrogen-bond acceptors (Lipinski definition) is 2. The smallest absolute Gasteiger partial charge is 0.0823 e. The molecular formula is C8H17NO. The van der Waals surface area contributed by atoms with Crippen LogP contribution in [0, 0.1) is 0 Å². The molecule has 0 rings (SSSR count). The zero-order valence-corrected chi connectivity index (χ0v) is 7.27. The molecule has 0 bridgehead atoms. The van der Waals surface area contributed by atoms with Crippen LogP contribution in [-0.4, -0.2) is 6.10 Å². The Labute approximate surface area is 63.2 Å². The third kappa shape index (κ3) is 4.39. The number of nitrogens with one attached hydrogen (secondary N) is 1. The van der Waals surface area contributed by atoms with Gasteiger partial charge in [0.1, 0.15) is 0 Å². The molecule has 1 N–H and O–H groups in total. The fraction of sp³-hybridized carbons (Fsp3) is 0.750. The van der Waals surface area contributed by atoms with E-state index in [2.05, 4.69) is 12.4 Å². The molecular weight excluding hydrogens is 126 g/mol. The van der Waals surface area contributed by atoms with Crippen molar-refractivity contribution in [3.05, 3.63) is 11.8 Å². The van der Waals surface area contributed by atoms with Crippen LogP contribution in [0.25, 0.3) is 0 Å². The van der Waals surface area contributed by atoms with Crippen molar-refractivity contribution in [1.29, 1.82) is 0 Å². The summed E-state index contributed by atoms with van der Waals surface area (Å²) in [7, 11) is 0. The topological polar surface area (TPSA) is 21.3 Å². The van der Waals surface area contributed by atoms with Gasteiger partial charge in [-0.3, -0.25) is 10.3 Å². The summed E-state index contributed by atoms with van der Waals surface area (Å²) in [4.78, 5) is 5.23. The summed E-state index contributed by atoms with van der Waals surface area (Å²) in [6, 6.07) is 0. The molecule has 0 aromatic rings. The van der Waals surface area contributed by atoms with E-state index in [1.165, 1.54) is 0 Å². The Morgan fingerprint density at radius 1 is 1.70 bits per heavy atom. The van der Waals surface area contributed by atoms with E-state index < -0.39 is 0 Å². The van der Waals surface area contributed by atoms with Crippen molar-refractivity contribution >= 4 is 0 Å². The maximum absolute atomic E-state index is 5.23. The SMILES string of the molecule is C/C=C(\C)NOC(C)CC. The molecule has 0 aliphatic rings. The van der Waals surface area contributed by atoms with E-state index in [0.717, 1.165) is 12.1 Å². The lowest BCUT2D eigenvalue weighted by molar-refractivity contribution is 0.00139. The molecule has 0 aromatic heterocycles. The van der Waals surface area contributed by atoms with Crippen LogP contribution in [0.15, 0.2) is 11.8 Å². The molecule has 60 valence electrons. The Bertz CT molecular complexity index is 110. The van der Waals surface area contributed by atoms with Crippen LogP contribution in [0.4, 0.5) is 0 Å². The highest BCUT2D eigenvalue weighted by Gasteiger charge is 1.95. The molecule has 0 saturated carbocycles. The van der Waals surface area contributed by atoms with Gasteiger partial charge in [-0.25, -0.2) is 0 Å². The molecule has 0 aliphatic heterocycles. The van der Waals surface area contributed by atoms with Gasteiger partial charge >= 0.3 is 0 Å².